The molecule has 1 atom stereocenters. The molecule has 1 saturated carbocycles. The molecular formula is C17H21N. The molecule has 0 aliphatic heterocycles. The molecular weight excluding hydrogens is 218 g/mol. The van der Waals surface area contributed by atoms with Gasteiger partial charge in [0.05, 0.1) is 0 Å². The summed E-state index contributed by atoms with van der Waals surface area (Å²) in [6.07, 6.45) is 6.42. The molecule has 2 N–H and O–H groups in total. The van der Waals surface area contributed by atoms with Gasteiger partial charge in [0.1, 0.15) is 0 Å². The Balaban J connectivity index is 1.69. The number of nitrogens with two attached hydrogens (primary N) is 1. The fraction of sp³-hybridized carbons (Fsp3) is 0.412. The van der Waals surface area contributed by atoms with Gasteiger partial charge in [-0.25, -0.2) is 0 Å². The summed E-state index contributed by atoms with van der Waals surface area (Å²) in [4.78, 5) is 0. The Morgan fingerprint density at radius 2 is 1.83 bits per heavy atom. The van der Waals surface area contributed by atoms with Crippen LogP contribution in [0.2, 0.25) is 0 Å². The largest absolute Gasteiger partial charge is 0.327 e. The van der Waals surface area contributed by atoms with E-state index in [0.29, 0.717) is 6.04 Å². The van der Waals surface area contributed by atoms with Crippen molar-refractivity contribution in [3.8, 4) is 0 Å². The molecule has 1 aliphatic rings. The Morgan fingerprint density at radius 3 is 2.56 bits per heavy atom. The normalized spacial score (nSPS) is 17.6. The smallest absolute Gasteiger partial charge is 0.00819 e. The Bertz CT molecular complexity index is 528. The lowest BCUT2D eigenvalue weighted by Gasteiger charge is -2.28. The minimum Gasteiger partial charge on any atom is -0.327 e. The first-order valence-electron chi connectivity index (χ1n) is 7.04. The second-order valence-corrected chi connectivity index (χ2v) is 5.68. The summed E-state index contributed by atoms with van der Waals surface area (Å²) in [6, 6.07) is 15.6. The molecule has 1 aliphatic carbocycles. The van der Waals surface area contributed by atoms with Gasteiger partial charge in [0.2, 0.25) is 0 Å². The van der Waals surface area contributed by atoms with Crippen LogP contribution in [0.25, 0.3) is 10.8 Å². The SMILES string of the molecule is NC(Cc1ccc2ccccc2c1)CC1CCC1. The van der Waals surface area contributed by atoms with E-state index in [-0.39, 0.29) is 0 Å². The maximum Gasteiger partial charge on any atom is 0.00819 e. The molecule has 0 radical (unpaired) electrons. The van der Waals surface area contributed by atoms with Crippen molar-refractivity contribution < 1.29 is 0 Å². The number of benzene rings is 2. The molecule has 18 heavy (non-hydrogen) atoms. The highest BCUT2D eigenvalue weighted by Crippen LogP contribution is 2.30. The predicted octanol–water partition coefficient (Wildman–Crippen LogP) is 3.90. The van der Waals surface area contributed by atoms with Gasteiger partial charge in [0, 0.05) is 6.04 Å². The van der Waals surface area contributed by atoms with Crippen molar-refractivity contribution in [3.63, 3.8) is 0 Å². The third kappa shape index (κ3) is 2.56. The minimum atomic E-state index is 0.330. The number of hydrogen-bond donors (Lipinski definition) is 1. The molecule has 2 aromatic carbocycles. The van der Waals surface area contributed by atoms with Gasteiger partial charge in [-0.1, -0.05) is 61.7 Å². The molecule has 1 unspecified atom stereocenters. The van der Waals surface area contributed by atoms with Crippen LogP contribution in [0.4, 0.5) is 0 Å². The van der Waals surface area contributed by atoms with Crippen molar-refractivity contribution in [2.24, 2.45) is 11.7 Å². The van der Waals surface area contributed by atoms with Crippen LogP contribution < -0.4 is 5.73 Å². The van der Waals surface area contributed by atoms with Crippen molar-refractivity contribution >= 4 is 10.8 Å². The summed E-state index contributed by atoms with van der Waals surface area (Å²) in [5.41, 5.74) is 7.64. The first-order valence-corrected chi connectivity index (χ1v) is 7.04. The Kier molecular flexibility index (Phi) is 3.33. The number of fused-ring (bicyclic) bond motifs is 1. The molecule has 0 heterocycles. The summed E-state index contributed by atoms with van der Waals surface area (Å²) in [7, 11) is 0. The van der Waals surface area contributed by atoms with Crippen LogP contribution in [0, 0.1) is 5.92 Å². The van der Waals surface area contributed by atoms with Gasteiger partial charge in [0.25, 0.3) is 0 Å². The topological polar surface area (TPSA) is 26.0 Å². The zero-order valence-electron chi connectivity index (χ0n) is 10.8. The fourth-order valence-corrected chi connectivity index (χ4v) is 2.91. The van der Waals surface area contributed by atoms with Crippen molar-refractivity contribution in [2.75, 3.05) is 0 Å². The molecule has 0 amide bonds. The zero-order valence-corrected chi connectivity index (χ0v) is 10.8. The first kappa shape index (κ1) is 11.7. The standard InChI is InChI=1S/C17H21N/c18-17(11-13-4-3-5-13)12-14-8-9-15-6-1-2-7-16(15)10-14/h1-2,6-10,13,17H,3-5,11-12,18H2. The van der Waals surface area contributed by atoms with Gasteiger partial charge in [-0.15, -0.1) is 0 Å². The molecule has 0 spiro atoms. The van der Waals surface area contributed by atoms with E-state index in [9.17, 15) is 0 Å². The summed E-state index contributed by atoms with van der Waals surface area (Å²) in [5, 5.41) is 2.64. The molecule has 1 nitrogen and oxygen atoms in total. The third-order valence-electron chi connectivity index (χ3n) is 4.17. The molecule has 94 valence electrons. The molecule has 0 bridgehead atoms. The van der Waals surface area contributed by atoms with E-state index in [1.165, 1.54) is 42.0 Å². The lowest BCUT2D eigenvalue weighted by molar-refractivity contribution is 0.275. The monoisotopic (exact) mass is 239 g/mol. The van der Waals surface area contributed by atoms with E-state index in [1.54, 1.807) is 0 Å². The first-order chi connectivity index (χ1) is 8.81. The quantitative estimate of drug-likeness (QED) is 0.860. The summed E-state index contributed by atoms with van der Waals surface area (Å²) in [5.74, 6) is 0.903. The van der Waals surface area contributed by atoms with Crippen LogP contribution in [-0.2, 0) is 6.42 Å². The molecule has 2 aromatic rings. The summed E-state index contributed by atoms with van der Waals surface area (Å²) < 4.78 is 0. The lowest BCUT2D eigenvalue weighted by atomic mass is 9.80. The van der Waals surface area contributed by atoms with Crippen LogP contribution in [0.5, 0.6) is 0 Å². The summed E-state index contributed by atoms with van der Waals surface area (Å²) >= 11 is 0. The molecule has 1 fully saturated rings. The average molecular weight is 239 g/mol. The van der Waals surface area contributed by atoms with E-state index in [2.05, 4.69) is 42.5 Å². The second kappa shape index (κ2) is 5.11. The van der Waals surface area contributed by atoms with Crippen molar-refractivity contribution in [1.82, 2.24) is 0 Å². The maximum absolute atomic E-state index is 6.26. The van der Waals surface area contributed by atoms with E-state index in [4.69, 9.17) is 5.73 Å². The highest BCUT2D eigenvalue weighted by molar-refractivity contribution is 5.82. The van der Waals surface area contributed by atoms with E-state index in [0.717, 1.165) is 12.3 Å². The highest BCUT2D eigenvalue weighted by atomic mass is 14.6. The van der Waals surface area contributed by atoms with Crippen molar-refractivity contribution in [1.29, 1.82) is 0 Å². The van der Waals surface area contributed by atoms with Crippen LogP contribution >= 0.6 is 0 Å². The van der Waals surface area contributed by atoms with Gasteiger partial charge in [-0.05, 0) is 35.1 Å². The molecule has 0 aromatic heterocycles. The van der Waals surface area contributed by atoms with Crippen molar-refractivity contribution in [2.45, 2.75) is 38.1 Å². The van der Waals surface area contributed by atoms with E-state index < -0.39 is 0 Å². The Morgan fingerprint density at radius 1 is 1.06 bits per heavy atom. The molecule has 3 rings (SSSR count). The maximum atomic E-state index is 6.26. The van der Waals surface area contributed by atoms with Gasteiger partial charge >= 0.3 is 0 Å². The Hall–Kier alpha value is -1.34. The van der Waals surface area contributed by atoms with Gasteiger partial charge in [0.15, 0.2) is 0 Å². The molecule has 1 heteroatoms. The van der Waals surface area contributed by atoms with Gasteiger partial charge < -0.3 is 5.73 Å². The van der Waals surface area contributed by atoms with E-state index >= 15 is 0 Å². The van der Waals surface area contributed by atoms with E-state index in [1.807, 2.05) is 0 Å². The van der Waals surface area contributed by atoms with Crippen LogP contribution in [0.1, 0.15) is 31.2 Å². The van der Waals surface area contributed by atoms with Gasteiger partial charge in [-0.3, -0.25) is 0 Å². The number of hydrogen-bond acceptors (Lipinski definition) is 1. The third-order valence-corrected chi connectivity index (χ3v) is 4.17. The predicted molar refractivity (Wildman–Crippen MR) is 77.6 cm³/mol. The van der Waals surface area contributed by atoms with Crippen LogP contribution in [0.3, 0.4) is 0 Å². The fourth-order valence-electron chi connectivity index (χ4n) is 2.91. The van der Waals surface area contributed by atoms with Gasteiger partial charge in [-0.2, -0.15) is 0 Å². The Labute approximate surface area is 109 Å². The van der Waals surface area contributed by atoms with Crippen LogP contribution in [-0.4, -0.2) is 6.04 Å². The second-order valence-electron chi connectivity index (χ2n) is 5.68. The highest BCUT2D eigenvalue weighted by Gasteiger charge is 2.20. The average Bonchev–Trinajstić information content (AvgIpc) is 2.34. The number of rotatable bonds is 4. The lowest BCUT2D eigenvalue weighted by Crippen LogP contribution is -2.28. The van der Waals surface area contributed by atoms with Crippen molar-refractivity contribution in [3.05, 3.63) is 48.0 Å². The molecule has 0 saturated heterocycles. The zero-order chi connectivity index (χ0) is 12.4. The van der Waals surface area contributed by atoms with Crippen LogP contribution in [0.15, 0.2) is 42.5 Å². The summed E-state index contributed by atoms with van der Waals surface area (Å²) in [6.45, 7) is 0. The minimum absolute atomic E-state index is 0.330.